The number of phosphoric ester groups is 1. The lowest BCUT2D eigenvalue weighted by atomic mass is 9.44. The summed E-state index contributed by atoms with van der Waals surface area (Å²) in [5, 5.41) is 36.7. The van der Waals surface area contributed by atoms with Gasteiger partial charge in [-0.3, -0.25) is 19.4 Å². The Morgan fingerprint density at radius 3 is 2.45 bits per heavy atom. The molecule has 2 aliphatic heterocycles. The van der Waals surface area contributed by atoms with E-state index < -0.39 is 78.8 Å². The highest BCUT2D eigenvalue weighted by molar-refractivity contribution is 7.46. The minimum atomic E-state index is -4.94. The van der Waals surface area contributed by atoms with Crippen LogP contribution in [0.15, 0.2) is 72.3 Å². The fraction of sp³-hybridized carbons (Fsp3) is 0.660. The number of aliphatic hydroxyl groups excluding tert-OH is 3. The fourth-order valence-corrected chi connectivity index (χ4v) is 13.9. The van der Waals surface area contributed by atoms with E-state index in [4.69, 9.17) is 18.7 Å². The molecule has 2 unspecified atom stereocenters. The Kier molecular flexibility index (Phi) is 16.0. The molecule has 0 radical (unpaired) electrons. The number of nitrogens with zero attached hydrogens (tertiary/aromatic N) is 1. The van der Waals surface area contributed by atoms with Gasteiger partial charge in [-0.2, -0.15) is 0 Å². The molecule has 2 aromatic rings. The number of aryl methyl sites for hydroxylation is 1. The van der Waals surface area contributed by atoms with Crippen LogP contribution in [-0.4, -0.2) is 124 Å². The smallest absolute Gasteiger partial charge is 0.404 e. The fourth-order valence-electron chi connectivity index (χ4n) is 13.4. The summed E-state index contributed by atoms with van der Waals surface area (Å²) in [6, 6.07) is 15.5. The van der Waals surface area contributed by atoms with Gasteiger partial charge < -0.3 is 43.9 Å². The molecule has 3 saturated carbocycles. The van der Waals surface area contributed by atoms with Gasteiger partial charge in [-0.25, -0.2) is 8.96 Å². The highest BCUT2D eigenvalue weighted by atomic mass is 31.2. The van der Waals surface area contributed by atoms with Gasteiger partial charge >= 0.3 is 7.82 Å². The molecule has 6 N–H and O–H groups in total. The molecule has 0 bridgehead atoms. The number of halogens is 1. The third-order valence-corrected chi connectivity index (χ3v) is 17.7. The summed E-state index contributed by atoms with van der Waals surface area (Å²) in [5.41, 5.74) is -2.80. The highest BCUT2D eigenvalue weighted by Crippen LogP contribution is 2.72. The predicted molar refractivity (Wildman–Crippen MR) is 256 cm³/mol. The summed E-state index contributed by atoms with van der Waals surface area (Å²) >= 11 is 0. The van der Waals surface area contributed by atoms with Crippen molar-refractivity contribution >= 4 is 19.4 Å². The summed E-state index contributed by atoms with van der Waals surface area (Å²) in [7, 11) is -2.88. The first-order chi connectivity index (χ1) is 32.9. The van der Waals surface area contributed by atoms with Gasteiger partial charge in [0.2, 0.25) is 0 Å². The van der Waals surface area contributed by atoms with E-state index in [0.717, 1.165) is 64.7 Å². The first kappa shape index (κ1) is 52.2. The number of quaternary nitrogens is 1. The van der Waals surface area contributed by atoms with Gasteiger partial charge in [0.15, 0.2) is 29.1 Å². The number of hydrogen-bond acceptors (Lipinski definition) is 11. The molecule has 2 aromatic carbocycles. The van der Waals surface area contributed by atoms with E-state index in [9.17, 15) is 39.3 Å². The number of ether oxygens (including phenoxy) is 3. The largest absolute Gasteiger partial charge is 0.524 e. The number of nitrogens with one attached hydrogen (secondary N) is 1. The molecule has 6 aliphatic rings. The van der Waals surface area contributed by atoms with Gasteiger partial charge in [0.25, 0.3) is 0 Å². The topological polar surface area (TPSA) is 201 Å². The number of hydrogen-bond donors (Lipinski definition) is 6. The van der Waals surface area contributed by atoms with Crippen LogP contribution in [-0.2, 0) is 41.3 Å². The molecule has 69 heavy (non-hydrogen) atoms. The number of alkyl halides is 1. The van der Waals surface area contributed by atoms with Crippen molar-refractivity contribution in [3.8, 4) is 5.75 Å². The third-order valence-electron chi connectivity index (χ3n) is 17.2. The number of Topliss-reactive ketones (excluding diaryl/α,β-unsaturated/α-hetero) is 1. The van der Waals surface area contributed by atoms with Gasteiger partial charge in [-0.1, -0.05) is 67.8 Å². The zero-order valence-electron chi connectivity index (χ0n) is 40.6. The first-order valence-corrected chi connectivity index (χ1v) is 26.9. The average Bonchev–Trinajstić information content (AvgIpc) is 3.81. The number of carbonyl (C=O) groups excluding carboxylic acids is 2. The molecule has 0 spiro atoms. The zero-order chi connectivity index (χ0) is 49.2. The Labute approximate surface area is 406 Å². The van der Waals surface area contributed by atoms with Crippen molar-refractivity contribution in [2.75, 3.05) is 53.0 Å². The molecule has 16 heteroatoms. The van der Waals surface area contributed by atoms with Crippen LogP contribution in [0.3, 0.4) is 0 Å². The molecule has 10 atom stereocenters. The van der Waals surface area contributed by atoms with Gasteiger partial charge in [0, 0.05) is 60.8 Å². The van der Waals surface area contributed by atoms with Crippen LogP contribution >= 0.6 is 7.82 Å². The van der Waals surface area contributed by atoms with Crippen molar-refractivity contribution in [1.29, 1.82) is 0 Å². The van der Waals surface area contributed by atoms with Crippen molar-refractivity contribution in [1.82, 2.24) is 5.32 Å². The second-order valence-electron chi connectivity index (χ2n) is 21.6. The predicted octanol–water partition coefficient (Wildman–Crippen LogP) is 6.76. The Balaban J connectivity index is 0.823. The maximum atomic E-state index is 17.8. The van der Waals surface area contributed by atoms with E-state index >= 15 is 4.39 Å². The zero-order valence-corrected chi connectivity index (χ0v) is 41.5. The summed E-state index contributed by atoms with van der Waals surface area (Å²) in [6.07, 6.45) is 10.3. The molecular weight excluding hydrogens is 907 g/mol. The minimum Gasteiger partial charge on any atom is -0.404 e. The lowest BCUT2D eigenvalue weighted by molar-refractivity contribution is -0.928. The number of benzene rings is 2. The quantitative estimate of drug-likeness (QED) is 0.0411. The van der Waals surface area contributed by atoms with Gasteiger partial charge in [-0.15, -0.1) is 0 Å². The lowest BCUT2D eigenvalue weighted by Gasteiger charge is -2.62. The maximum absolute atomic E-state index is 17.8. The second kappa shape index (κ2) is 21.1. The van der Waals surface area contributed by atoms with Crippen LogP contribution in [0.4, 0.5) is 4.39 Å². The Hall–Kier alpha value is -3.18. The van der Waals surface area contributed by atoms with E-state index in [1.807, 2.05) is 13.0 Å². The van der Waals surface area contributed by atoms with Gasteiger partial charge in [0.1, 0.15) is 18.9 Å². The normalized spacial score (nSPS) is 35.4. The van der Waals surface area contributed by atoms with Crippen LogP contribution < -0.4 is 9.84 Å². The monoisotopic (exact) mass is 982 g/mol. The number of unbranched alkanes of at least 4 members (excludes halogenated alkanes) is 4. The number of rotatable bonds is 22. The van der Waals surface area contributed by atoms with Crippen LogP contribution in [0.25, 0.3) is 0 Å². The molecule has 4 aliphatic carbocycles. The van der Waals surface area contributed by atoms with E-state index in [2.05, 4.69) is 36.6 Å². The first-order valence-electron chi connectivity index (χ1n) is 25.4. The number of piperidine rings is 1. The second-order valence-corrected chi connectivity index (χ2v) is 22.8. The number of ketones is 2. The average molecular weight is 982 g/mol. The number of fused-ring (bicyclic) bond motifs is 7. The van der Waals surface area contributed by atoms with Crippen LogP contribution in [0, 0.1) is 28.6 Å². The van der Waals surface area contributed by atoms with Gasteiger partial charge in [0.05, 0.1) is 38.4 Å². The van der Waals surface area contributed by atoms with Crippen molar-refractivity contribution < 1.29 is 66.9 Å². The van der Waals surface area contributed by atoms with Crippen molar-refractivity contribution in [2.24, 2.45) is 28.6 Å². The number of aliphatic hydroxyl groups is 3. The minimum absolute atomic E-state index is 0.0153. The Bertz CT molecular complexity index is 2250. The standard InChI is InChI=1S/C53H74FN2O12P/c1-50-23-20-41(58)30-40(50)18-19-42-43-31-48-53(47(61)35-57,51(43,2)32-46(60)52(42,50)54)67-49(66-48)37-21-25-56(3,26-22-37)34-39-17-16-38(29-45(39)68-69(62,63)64)44(59)33-55-24-10-4-5-11-27-65-28-12-9-15-36-13-7-6-8-14-36/h6-8,13-14,16-17,20,23,29-30,37,42-44,46,48-49,55,57,59-60H,4-5,9-12,15,18-19,21-22,24-28,31-35H2,1-3H3,(H-,62,63,64)/p+1/t37?,42-,43-,44?,46-,48+,49?,50-,51-,52-,53+,56?/m0/s1. The van der Waals surface area contributed by atoms with Crippen molar-refractivity contribution in [3.05, 3.63) is 89.0 Å². The van der Waals surface area contributed by atoms with Crippen LogP contribution in [0.2, 0.25) is 0 Å². The maximum Gasteiger partial charge on any atom is 0.524 e. The summed E-state index contributed by atoms with van der Waals surface area (Å²) < 4.78 is 55.1. The van der Waals surface area contributed by atoms with Crippen LogP contribution in [0.5, 0.6) is 5.75 Å². The molecular formula is C53H75FN2O12P+. The SMILES string of the molecule is C[C@]12C=CC(=O)C=C1CC[C@H]1[C@@H]3C[C@H]4OC(C5CC[N+](C)(Cc6ccc(C(O)CNCCCCCCOCCCCc7ccccc7)cc6OP(=O)(O)O)CC5)O[C@@]4(C(=O)CO)[C@@]3(C)C[C@H](O)[C@@]12F. The molecule has 2 saturated heterocycles. The van der Waals surface area contributed by atoms with E-state index in [1.54, 1.807) is 25.1 Å². The molecule has 380 valence electrons. The Morgan fingerprint density at radius 2 is 1.72 bits per heavy atom. The number of allylic oxidation sites excluding steroid dienone is 4. The van der Waals surface area contributed by atoms with Crippen molar-refractivity contribution in [2.45, 2.75) is 140 Å². The van der Waals surface area contributed by atoms with Gasteiger partial charge in [-0.05, 0) is 113 Å². The lowest BCUT2D eigenvalue weighted by Crippen LogP contribution is -2.69. The van der Waals surface area contributed by atoms with E-state index in [-0.39, 0.29) is 30.4 Å². The summed E-state index contributed by atoms with van der Waals surface area (Å²) in [5.74, 6) is -1.87. The number of likely N-dealkylation sites (tertiary alicyclic amines) is 1. The summed E-state index contributed by atoms with van der Waals surface area (Å²) in [4.78, 5) is 46.2. The number of phosphoric acid groups is 1. The Morgan fingerprint density at radius 1 is 1.00 bits per heavy atom. The van der Waals surface area contributed by atoms with E-state index in [0.29, 0.717) is 72.9 Å². The van der Waals surface area contributed by atoms with Crippen LogP contribution in [0.1, 0.15) is 114 Å². The molecule has 2 heterocycles. The molecule has 0 amide bonds. The molecule has 5 fully saturated rings. The number of carbonyl (C=O) groups is 2. The van der Waals surface area contributed by atoms with Crippen molar-refractivity contribution in [3.63, 3.8) is 0 Å². The molecule has 14 nitrogen and oxygen atoms in total. The molecule has 0 aromatic heterocycles. The highest BCUT2D eigenvalue weighted by Gasteiger charge is 2.79. The molecule has 8 rings (SSSR count). The van der Waals surface area contributed by atoms with E-state index in [1.165, 1.54) is 23.8 Å². The summed E-state index contributed by atoms with van der Waals surface area (Å²) in [6.45, 7) is 7.05. The third kappa shape index (κ3) is 10.4.